The van der Waals surface area contributed by atoms with Gasteiger partial charge in [0.15, 0.2) is 0 Å². The number of alkyl halides is 2. The maximum absolute atomic E-state index is 11.2. The standard InChI is InChI=1S/C7H14Cl2N2O2.ClH/c8-1-4-11(5-2-9)7(12)13-6-3-10;/h1-6,10H2;1H. The minimum atomic E-state index is -0.410. The lowest BCUT2D eigenvalue weighted by atomic mass is 10.5. The van der Waals surface area contributed by atoms with Gasteiger partial charge in [-0.25, -0.2) is 4.79 Å². The number of hydrogen-bond acceptors (Lipinski definition) is 3. The average Bonchev–Trinajstić information content (AvgIpc) is 2.14. The highest BCUT2D eigenvalue weighted by molar-refractivity contribution is 6.18. The van der Waals surface area contributed by atoms with Crippen LogP contribution in [0.15, 0.2) is 0 Å². The smallest absolute Gasteiger partial charge is 0.409 e. The van der Waals surface area contributed by atoms with Crippen LogP contribution in [0.1, 0.15) is 0 Å². The maximum atomic E-state index is 11.2. The van der Waals surface area contributed by atoms with E-state index in [1.54, 1.807) is 0 Å². The van der Waals surface area contributed by atoms with Crippen molar-refractivity contribution >= 4 is 41.7 Å². The maximum Gasteiger partial charge on any atom is 0.409 e. The summed E-state index contributed by atoms with van der Waals surface area (Å²) >= 11 is 11.0. The molecule has 0 unspecified atom stereocenters. The average molecular weight is 266 g/mol. The highest BCUT2D eigenvalue weighted by Crippen LogP contribution is 1.96. The lowest BCUT2D eigenvalue weighted by molar-refractivity contribution is 0.109. The molecule has 0 spiro atoms. The van der Waals surface area contributed by atoms with E-state index in [1.165, 1.54) is 4.90 Å². The van der Waals surface area contributed by atoms with Crippen molar-refractivity contribution < 1.29 is 9.53 Å². The summed E-state index contributed by atoms with van der Waals surface area (Å²) in [4.78, 5) is 12.7. The van der Waals surface area contributed by atoms with Gasteiger partial charge in [0.1, 0.15) is 6.61 Å². The van der Waals surface area contributed by atoms with E-state index in [-0.39, 0.29) is 19.0 Å². The van der Waals surface area contributed by atoms with Crippen LogP contribution < -0.4 is 5.73 Å². The first-order valence-corrected chi connectivity index (χ1v) is 5.06. The number of nitrogens with zero attached hydrogens (tertiary/aromatic N) is 1. The Morgan fingerprint density at radius 1 is 1.29 bits per heavy atom. The second-order valence-corrected chi connectivity index (χ2v) is 3.02. The van der Waals surface area contributed by atoms with E-state index in [1.807, 2.05) is 0 Å². The Morgan fingerprint density at radius 3 is 2.14 bits per heavy atom. The van der Waals surface area contributed by atoms with Crippen LogP contribution in [-0.4, -0.2) is 49.0 Å². The normalized spacial score (nSPS) is 9.07. The minimum absolute atomic E-state index is 0. The van der Waals surface area contributed by atoms with E-state index in [0.29, 0.717) is 31.4 Å². The Labute approximate surface area is 100 Å². The first-order chi connectivity index (χ1) is 6.26. The molecule has 14 heavy (non-hydrogen) atoms. The number of carbonyl (C=O) groups is 1. The third kappa shape index (κ3) is 7.50. The molecule has 0 fully saturated rings. The van der Waals surface area contributed by atoms with Crippen molar-refractivity contribution in [3.05, 3.63) is 0 Å². The Morgan fingerprint density at radius 2 is 1.79 bits per heavy atom. The molecule has 0 heterocycles. The van der Waals surface area contributed by atoms with Gasteiger partial charge in [-0.2, -0.15) is 0 Å². The number of nitrogens with two attached hydrogens (primary N) is 1. The van der Waals surface area contributed by atoms with Crippen LogP contribution in [0.2, 0.25) is 0 Å². The summed E-state index contributed by atoms with van der Waals surface area (Å²) in [7, 11) is 0. The SMILES string of the molecule is Cl.NCCOC(=O)N(CCCl)CCCl. The number of ether oxygens (including phenoxy) is 1. The van der Waals surface area contributed by atoms with Crippen LogP contribution in [-0.2, 0) is 4.74 Å². The molecule has 4 nitrogen and oxygen atoms in total. The molecular weight excluding hydrogens is 250 g/mol. The van der Waals surface area contributed by atoms with Crippen LogP contribution in [0.4, 0.5) is 4.79 Å². The van der Waals surface area contributed by atoms with Crippen molar-refractivity contribution in [3.63, 3.8) is 0 Å². The quantitative estimate of drug-likeness (QED) is 0.736. The molecule has 0 rings (SSSR count). The third-order valence-corrected chi connectivity index (χ3v) is 1.65. The monoisotopic (exact) mass is 264 g/mol. The molecule has 1 amide bonds. The van der Waals surface area contributed by atoms with Crippen molar-refractivity contribution in [2.24, 2.45) is 5.73 Å². The number of halogens is 3. The summed E-state index contributed by atoms with van der Waals surface area (Å²) in [6.07, 6.45) is -0.410. The fraction of sp³-hybridized carbons (Fsp3) is 0.857. The van der Waals surface area contributed by atoms with Gasteiger partial charge in [-0.1, -0.05) is 0 Å². The largest absolute Gasteiger partial charge is 0.448 e. The van der Waals surface area contributed by atoms with E-state index in [0.717, 1.165) is 0 Å². The van der Waals surface area contributed by atoms with Gasteiger partial charge >= 0.3 is 6.09 Å². The number of amides is 1. The lowest BCUT2D eigenvalue weighted by Gasteiger charge is -2.19. The Bertz CT molecular complexity index is 143. The molecule has 7 heteroatoms. The topological polar surface area (TPSA) is 55.6 Å². The zero-order valence-electron chi connectivity index (χ0n) is 7.75. The van der Waals surface area contributed by atoms with Gasteiger partial charge in [-0.15, -0.1) is 35.6 Å². The molecule has 2 N–H and O–H groups in total. The van der Waals surface area contributed by atoms with Gasteiger partial charge in [-0.05, 0) is 0 Å². The molecule has 0 saturated heterocycles. The van der Waals surface area contributed by atoms with Crippen LogP contribution in [0.5, 0.6) is 0 Å². The molecule has 86 valence electrons. The van der Waals surface area contributed by atoms with E-state index >= 15 is 0 Å². The lowest BCUT2D eigenvalue weighted by Crippen LogP contribution is -2.35. The first-order valence-electron chi connectivity index (χ1n) is 4.00. The van der Waals surface area contributed by atoms with Gasteiger partial charge in [0.05, 0.1) is 0 Å². The predicted molar refractivity (Wildman–Crippen MR) is 60.7 cm³/mol. The molecule has 0 aliphatic carbocycles. The number of carbonyl (C=O) groups excluding carboxylic acids is 1. The summed E-state index contributed by atoms with van der Waals surface area (Å²) < 4.78 is 4.80. The van der Waals surface area contributed by atoms with E-state index in [4.69, 9.17) is 33.7 Å². The van der Waals surface area contributed by atoms with Gasteiger partial charge in [0.2, 0.25) is 0 Å². The number of rotatable bonds is 6. The zero-order valence-corrected chi connectivity index (χ0v) is 10.1. The fourth-order valence-electron chi connectivity index (χ4n) is 0.736. The summed E-state index contributed by atoms with van der Waals surface area (Å²) in [6, 6.07) is 0. The molecule has 0 aromatic carbocycles. The van der Waals surface area contributed by atoms with Crippen LogP contribution in [0, 0.1) is 0 Å². The van der Waals surface area contributed by atoms with E-state index in [9.17, 15) is 4.79 Å². The van der Waals surface area contributed by atoms with Gasteiger partial charge in [0.25, 0.3) is 0 Å². The van der Waals surface area contributed by atoms with Crippen LogP contribution >= 0.6 is 35.6 Å². The van der Waals surface area contributed by atoms with Crippen molar-refractivity contribution in [3.8, 4) is 0 Å². The fourth-order valence-corrected chi connectivity index (χ4v) is 1.14. The molecule has 0 aliphatic rings. The van der Waals surface area contributed by atoms with Crippen molar-refractivity contribution in [2.45, 2.75) is 0 Å². The second-order valence-electron chi connectivity index (χ2n) is 2.27. The molecule has 0 aromatic heterocycles. The highest BCUT2D eigenvalue weighted by atomic mass is 35.5. The molecule has 0 aromatic rings. The summed E-state index contributed by atoms with van der Waals surface area (Å²) in [5.74, 6) is 0.739. The summed E-state index contributed by atoms with van der Waals surface area (Å²) in [5.41, 5.74) is 5.18. The van der Waals surface area contributed by atoms with Crippen molar-refractivity contribution in [2.75, 3.05) is 38.0 Å². The Hall–Kier alpha value is 0.1000. The van der Waals surface area contributed by atoms with E-state index in [2.05, 4.69) is 0 Å². The van der Waals surface area contributed by atoms with Crippen molar-refractivity contribution in [1.29, 1.82) is 0 Å². The Balaban J connectivity index is 0. The summed E-state index contributed by atoms with van der Waals surface area (Å²) in [6.45, 7) is 1.43. The van der Waals surface area contributed by atoms with E-state index < -0.39 is 6.09 Å². The van der Waals surface area contributed by atoms with Gasteiger partial charge in [-0.3, -0.25) is 0 Å². The van der Waals surface area contributed by atoms with Crippen LogP contribution in [0.3, 0.4) is 0 Å². The minimum Gasteiger partial charge on any atom is -0.448 e. The second kappa shape index (κ2) is 11.2. The van der Waals surface area contributed by atoms with Crippen molar-refractivity contribution in [1.82, 2.24) is 4.90 Å². The molecule has 0 aliphatic heterocycles. The summed E-state index contributed by atoms with van der Waals surface area (Å²) in [5, 5.41) is 0. The van der Waals surface area contributed by atoms with Crippen LogP contribution in [0.25, 0.3) is 0 Å². The molecule has 0 saturated carbocycles. The predicted octanol–water partition coefficient (Wildman–Crippen LogP) is 1.28. The Kier molecular flexibility index (Phi) is 13.2. The molecule has 0 bridgehead atoms. The molecule has 0 radical (unpaired) electrons. The zero-order chi connectivity index (χ0) is 10.1. The molecular formula is C7H15Cl3N2O2. The van der Waals surface area contributed by atoms with Gasteiger partial charge in [0, 0.05) is 31.4 Å². The first kappa shape index (κ1) is 16.5. The van der Waals surface area contributed by atoms with Gasteiger partial charge < -0.3 is 15.4 Å². The highest BCUT2D eigenvalue weighted by Gasteiger charge is 2.12. The third-order valence-electron chi connectivity index (χ3n) is 1.31. The number of hydrogen-bond donors (Lipinski definition) is 1. The molecule has 0 atom stereocenters.